The summed E-state index contributed by atoms with van der Waals surface area (Å²) in [6.45, 7) is 7.70. The maximum Gasteiger partial charge on any atom is 0.0460 e. The van der Waals surface area contributed by atoms with Gasteiger partial charge < -0.3 is 10.0 Å². The molecule has 4 rings (SSSR count). The highest BCUT2D eigenvalue weighted by Crippen LogP contribution is 2.27. The van der Waals surface area contributed by atoms with E-state index in [1.54, 1.807) is 0 Å². The number of aliphatic hydroxyl groups excluding tert-OH is 1. The monoisotopic (exact) mass is 357 g/mol. The summed E-state index contributed by atoms with van der Waals surface area (Å²) in [5.74, 6) is 0.549. The zero-order valence-corrected chi connectivity index (χ0v) is 16.1. The van der Waals surface area contributed by atoms with Crippen molar-refractivity contribution < 1.29 is 5.11 Å². The lowest BCUT2D eigenvalue weighted by molar-refractivity contribution is 0.0368. The maximum atomic E-state index is 9.37. The largest absolute Gasteiger partial charge is 0.396 e. The molecule has 0 radical (unpaired) electrons. The number of hydrogen-bond donors (Lipinski definition) is 1. The molecule has 3 aliphatic heterocycles. The fourth-order valence-corrected chi connectivity index (χ4v) is 5.24. The average Bonchev–Trinajstić information content (AvgIpc) is 2.75. The van der Waals surface area contributed by atoms with Gasteiger partial charge in [-0.3, -0.25) is 9.80 Å². The number of hydrogen-bond acceptors (Lipinski definition) is 4. The van der Waals surface area contributed by atoms with Gasteiger partial charge in [-0.25, -0.2) is 0 Å². The Bertz CT molecular complexity index is 536. The van der Waals surface area contributed by atoms with E-state index in [1.807, 2.05) is 0 Å². The van der Waals surface area contributed by atoms with E-state index in [1.165, 1.54) is 83.5 Å². The molecule has 0 aromatic heterocycles. The Kier molecular flexibility index (Phi) is 6.13. The number of rotatable bonds is 4. The molecule has 0 bridgehead atoms. The molecule has 0 aliphatic carbocycles. The van der Waals surface area contributed by atoms with E-state index in [0.29, 0.717) is 12.5 Å². The molecule has 144 valence electrons. The van der Waals surface area contributed by atoms with E-state index in [4.69, 9.17) is 0 Å². The van der Waals surface area contributed by atoms with Gasteiger partial charge in [0.2, 0.25) is 0 Å². The van der Waals surface area contributed by atoms with Crippen molar-refractivity contribution in [2.45, 2.75) is 50.6 Å². The van der Waals surface area contributed by atoms with Crippen LogP contribution in [0.2, 0.25) is 0 Å². The van der Waals surface area contributed by atoms with Crippen LogP contribution >= 0.6 is 0 Å². The van der Waals surface area contributed by atoms with Crippen LogP contribution in [-0.2, 0) is 0 Å². The molecule has 0 amide bonds. The van der Waals surface area contributed by atoms with E-state index < -0.39 is 0 Å². The lowest BCUT2D eigenvalue weighted by Crippen LogP contribution is -2.54. The van der Waals surface area contributed by atoms with Crippen molar-refractivity contribution in [2.24, 2.45) is 5.92 Å². The summed E-state index contributed by atoms with van der Waals surface area (Å²) in [7, 11) is 0. The molecule has 1 N–H and O–H groups in total. The molecule has 4 nitrogen and oxygen atoms in total. The van der Waals surface area contributed by atoms with Gasteiger partial charge in [-0.05, 0) is 76.2 Å². The van der Waals surface area contributed by atoms with Crippen LogP contribution in [0.4, 0.5) is 5.69 Å². The zero-order valence-electron chi connectivity index (χ0n) is 16.1. The third kappa shape index (κ3) is 4.24. The summed E-state index contributed by atoms with van der Waals surface area (Å²) >= 11 is 0. The van der Waals surface area contributed by atoms with Gasteiger partial charge in [0.1, 0.15) is 0 Å². The molecule has 1 aromatic rings. The Morgan fingerprint density at radius 3 is 2.19 bits per heavy atom. The molecular formula is C22H35N3O. The van der Waals surface area contributed by atoms with Crippen LogP contribution in [-0.4, -0.2) is 72.9 Å². The fraction of sp³-hybridized carbons (Fsp3) is 0.727. The van der Waals surface area contributed by atoms with Gasteiger partial charge in [0.25, 0.3) is 0 Å². The van der Waals surface area contributed by atoms with E-state index in [9.17, 15) is 5.11 Å². The first kappa shape index (κ1) is 18.3. The minimum Gasteiger partial charge on any atom is -0.396 e. The second-order valence-electron chi connectivity index (χ2n) is 8.51. The average molecular weight is 358 g/mol. The predicted molar refractivity (Wildman–Crippen MR) is 108 cm³/mol. The lowest BCUT2D eigenvalue weighted by Gasteiger charge is -2.46. The summed E-state index contributed by atoms with van der Waals surface area (Å²) in [5.41, 5.74) is 1.38. The summed E-state index contributed by atoms with van der Waals surface area (Å²) in [6.07, 6.45) is 7.68. The molecule has 0 spiro atoms. The van der Waals surface area contributed by atoms with Crippen molar-refractivity contribution in [3.8, 4) is 0 Å². The highest BCUT2D eigenvalue weighted by molar-refractivity contribution is 5.46. The minimum absolute atomic E-state index is 0.380. The first-order valence-electron chi connectivity index (χ1n) is 10.7. The SMILES string of the molecule is OCC1CCN([C@@H]2CCCN(C3CCN(c4ccccc4)CC3)C2)CC1. The summed E-state index contributed by atoms with van der Waals surface area (Å²) in [6, 6.07) is 12.4. The first-order valence-corrected chi connectivity index (χ1v) is 10.7. The topological polar surface area (TPSA) is 30.0 Å². The molecule has 1 atom stereocenters. The fourth-order valence-electron chi connectivity index (χ4n) is 5.24. The Hall–Kier alpha value is -1.10. The van der Waals surface area contributed by atoms with Crippen LogP contribution in [0.3, 0.4) is 0 Å². The van der Waals surface area contributed by atoms with Crippen molar-refractivity contribution in [2.75, 3.05) is 50.8 Å². The van der Waals surface area contributed by atoms with Gasteiger partial charge in [0.15, 0.2) is 0 Å². The Labute approximate surface area is 158 Å². The summed E-state index contributed by atoms with van der Waals surface area (Å²) < 4.78 is 0. The quantitative estimate of drug-likeness (QED) is 0.897. The molecule has 3 saturated heterocycles. The third-order valence-electron chi connectivity index (χ3n) is 6.95. The zero-order chi connectivity index (χ0) is 17.8. The van der Waals surface area contributed by atoms with Gasteiger partial charge in [0, 0.05) is 44.0 Å². The van der Waals surface area contributed by atoms with Crippen LogP contribution in [0.15, 0.2) is 30.3 Å². The second-order valence-corrected chi connectivity index (χ2v) is 8.51. The highest BCUT2D eigenvalue weighted by Gasteiger charge is 2.32. The van der Waals surface area contributed by atoms with Gasteiger partial charge in [-0.2, -0.15) is 0 Å². The Morgan fingerprint density at radius 1 is 0.769 bits per heavy atom. The van der Waals surface area contributed by atoms with Crippen molar-refractivity contribution in [3.05, 3.63) is 30.3 Å². The molecule has 0 unspecified atom stereocenters. The van der Waals surface area contributed by atoms with Crippen molar-refractivity contribution >= 4 is 5.69 Å². The number of likely N-dealkylation sites (tertiary alicyclic amines) is 2. The minimum atomic E-state index is 0.380. The molecule has 3 heterocycles. The molecular weight excluding hydrogens is 322 g/mol. The van der Waals surface area contributed by atoms with Crippen LogP contribution in [0.5, 0.6) is 0 Å². The van der Waals surface area contributed by atoms with Crippen LogP contribution in [0.1, 0.15) is 38.5 Å². The van der Waals surface area contributed by atoms with E-state index in [0.717, 1.165) is 12.1 Å². The number of benzene rings is 1. The number of para-hydroxylation sites is 1. The maximum absolute atomic E-state index is 9.37. The third-order valence-corrected chi connectivity index (χ3v) is 6.95. The van der Waals surface area contributed by atoms with Crippen molar-refractivity contribution in [3.63, 3.8) is 0 Å². The number of piperidine rings is 3. The molecule has 4 heteroatoms. The van der Waals surface area contributed by atoms with E-state index >= 15 is 0 Å². The van der Waals surface area contributed by atoms with E-state index in [2.05, 4.69) is 45.0 Å². The van der Waals surface area contributed by atoms with Gasteiger partial charge >= 0.3 is 0 Å². The normalized spacial score (nSPS) is 27.7. The van der Waals surface area contributed by atoms with Crippen molar-refractivity contribution in [1.29, 1.82) is 0 Å². The molecule has 1 aromatic carbocycles. The number of aliphatic hydroxyl groups is 1. The van der Waals surface area contributed by atoms with Crippen LogP contribution in [0.25, 0.3) is 0 Å². The second kappa shape index (κ2) is 8.73. The molecule has 3 aliphatic rings. The number of anilines is 1. The molecule has 0 saturated carbocycles. The van der Waals surface area contributed by atoms with Gasteiger partial charge in [-0.15, -0.1) is 0 Å². The molecule has 26 heavy (non-hydrogen) atoms. The summed E-state index contributed by atoms with van der Waals surface area (Å²) in [5, 5.41) is 9.37. The molecule has 3 fully saturated rings. The van der Waals surface area contributed by atoms with Gasteiger partial charge in [0.05, 0.1) is 0 Å². The van der Waals surface area contributed by atoms with E-state index in [-0.39, 0.29) is 0 Å². The van der Waals surface area contributed by atoms with Crippen LogP contribution in [0, 0.1) is 5.92 Å². The smallest absolute Gasteiger partial charge is 0.0460 e. The first-order chi connectivity index (χ1) is 12.8. The van der Waals surface area contributed by atoms with Gasteiger partial charge in [-0.1, -0.05) is 18.2 Å². The van der Waals surface area contributed by atoms with Crippen molar-refractivity contribution in [1.82, 2.24) is 9.80 Å². The lowest BCUT2D eigenvalue weighted by atomic mass is 9.93. The summed E-state index contributed by atoms with van der Waals surface area (Å²) in [4.78, 5) is 8.07. The standard InChI is InChI=1S/C22H35N3O/c26-18-19-8-13-24(14-9-19)22-7-4-12-25(17-22)21-10-15-23(16-11-21)20-5-2-1-3-6-20/h1-3,5-6,19,21-22,26H,4,7-18H2/t22-/m1/s1. The Morgan fingerprint density at radius 2 is 1.50 bits per heavy atom. The number of nitrogens with zero attached hydrogens (tertiary/aromatic N) is 3. The highest BCUT2D eigenvalue weighted by atomic mass is 16.3. The van der Waals surface area contributed by atoms with Crippen LogP contribution < -0.4 is 4.90 Å². The Balaban J connectivity index is 1.27. The predicted octanol–water partition coefficient (Wildman–Crippen LogP) is 2.82.